The molecule has 1 aromatic rings. The molecule has 0 bridgehead atoms. The fourth-order valence-electron chi connectivity index (χ4n) is 3.66. The zero-order valence-corrected chi connectivity index (χ0v) is 20.6. The van der Waals surface area contributed by atoms with E-state index in [1.807, 2.05) is 6.92 Å². The Bertz CT molecular complexity index is 796. The quantitative estimate of drug-likeness (QED) is 0.204. The summed E-state index contributed by atoms with van der Waals surface area (Å²) in [4.78, 5) is 31.3. The Balaban J connectivity index is 0.00000341. The van der Waals surface area contributed by atoms with Gasteiger partial charge >= 0.3 is 6.03 Å². The molecule has 0 radical (unpaired) electrons. The van der Waals surface area contributed by atoms with Crippen LogP contribution in [0.5, 0.6) is 0 Å². The van der Waals surface area contributed by atoms with E-state index < -0.39 is 0 Å². The summed E-state index contributed by atoms with van der Waals surface area (Å²) in [6, 6.07) is 4.35. The summed E-state index contributed by atoms with van der Waals surface area (Å²) in [5, 5.41) is 9.60. The topological polar surface area (TPSA) is 89.1 Å². The average molecular weight is 567 g/mol. The number of carbonyl (C=O) groups excluding carboxylic acids is 2. The number of guanidine groups is 1. The second-order valence-corrected chi connectivity index (χ2v) is 7.83. The second kappa shape index (κ2) is 12.4. The number of hydrogen-bond donors (Lipinski definition) is 3. The number of rotatable bonds is 7. The molecule has 172 valence electrons. The van der Waals surface area contributed by atoms with Crippen LogP contribution >= 0.6 is 35.6 Å². The second-order valence-electron chi connectivity index (χ2n) is 7.42. The van der Waals surface area contributed by atoms with Crippen molar-refractivity contribution in [2.45, 2.75) is 32.4 Å². The van der Waals surface area contributed by atoms with E-state index in [-0.39, 0.29) is 60.9 Å². The fraction of sp³-hybridized carbons (Fsp3) is 0.550. The van der Waals surface area contributed by atoms with Crippen LogP contribution in [0.4, 0.5) is 9.18 Å². The lowest BCUT2D eigenvalue weighted by atomic mass is 10.0. The number of urea groups is 1. The number of benzene rings is 1. The number of imide groups is 1. The maximum absolute atomic E-state index is 13.3. The van der Waals surface area contributed by atoms with Gasteiger partial charge in [0.1, 0.15) is 5.82 Å². The van der Waals surface area contributed by atoms with Gasteiger partial charge in [0, 0.05) is 30.7 Å². The molecule has 1 atom stereocenters. The maximum Gasteiger partial charge on any atom is 0.324 e. The number of amides is 3. The molecule has 0 spiro atoms. The Morgan fingerprint density at radius 2 is 2.19 bits per heavy atom. The lowest BCUT2D eigenvalue weighted by Gasteiger charge is -2.34. The van der Waals surface area contributed by atoms with Crippen LogP contribution in [-0.4, -0.2) is 73.0 Å². The van der Waals surface area contributed by atoms with Gasteiger partial charge < -0.3 is 16.0 Å². The molecular weight excluding hydrogens is 538 g/mol. The maximum atomic E-state index is 13.3. The number of likely N-dealkylation sites (tertiary alicyclic amines) is 1. The normalized spacial score (nSPS) is 19.8. The molecule has 2 heterocycles. The highest BCUT2D eigenvalue weighted by molar-refractivity contribution is 14.0. The van der Waals surface area contributed by atoms with Crippen LogP contribution in [0, 0.1) is 5.82 Å². The molecule has 0 aromatic heterocycles. The molecule has 3 amide bonds. The van der Waals surface area contributed by atoms with E-state index >= 15 is 0 Å². The van der Waals surface area contributed by atoms with Crippen molar-refractivity contribution in [1.29, 1.82) is 0 Å². The molecular formula is C20H29ClFIN6O2. The van der Waals surface area contributed by atoms with Crippen molar-refractivity contribution >= 4 is 53.5 Å². The Morgan fingerprint density at radius 3 is 2.87 bits per heavy atom. The molecule has 1 aromatic carbocycles. The minimum Gasteiger partial charge on any atom is -0.357 e. The third-order valence-corrected chi connectivity index (χ3v) is 5.48. The van der Waals surface area contributed by atoms with E-state index in [2.05, 4.69) is 25.8 Å². The van der Waals surface area contributed by atoms with Crippen molar-refractivity contribution in [2.75, 3.05) is 39.3 Å². The average Bonchev–Trinajstić information content (AvgIpc) is 3.03. The first-order valence-corrected chi connectivity index (χ1v) is 10.6. The van der Waals surface area contributed by atoms with Crippen LogP contribution in [0.1, 0.15) is 25.3 Å². The number of halogens is 3. The Kier molecular flexibility index (Phi) is 10.2. The van der Waals surface area contributed by atoms with Crippen molar-refractivity contribution in [3.8, 4) is 0 Å². The number of piperidine rings is 1. The van der Waals surface area contributed by atoms with Crippen LogP contribution in [-0.2, 0) is 11.3 Å². The molecule has 1 unspecified atom stereocenters. The minimum absolute atomic E-state index is 0. The van der Waals surface area contributed by atoms with Crippen LogP contribution in [0.3, 0.4) is 0 Å². The number of aliphatic imine (C=N–C) groups is 1. The molecule has 3 N–H and O–H groups in total. The van der Waals surface area contributed by atoms with Gasteiger partial charge in [-0.3, -0.25) is 19.6 Å². The monoisotopic (exact) mass is 566 g/mol. The first-order valence-electron chi connectivity index (χ1n) is 10.3. The predicted molar refractivity (Wildman–Crippen MR) is 129 cm³/mol. The summed E-state index contributed by atoms with van der Waals surface area (Å²) >= 11 is 6.17. The predicted octanol–water partition coefficient (Wildman–Crippen LogP) is 2.17. The van der Waals surface area contributed by atoms with Crippen LogP contribution in [0.2, 0.25) is 5.02 Å². The van der Waals surface area contributed by atoms with Crippen molar-refractivity contribution in [3.63, 3.8) is 0 Å². The van der Waals surface area contributed by atoms with E-state index in [0.717, 1.165) is 31.5 Å². The molecule has 8 nitrogen and oxygen atoms in total. The number of carbonyl (C=O) groups is 2. The van der Waals surface area contributed by atoms with E-state index in [0.29, 0.717) is 30.6 Å². The van der Waals surface area contributed by atoms with E-state index in [4.69, 9.17) is 11.6 Å². The van der Waals surface area contributed by atoms with Gasteiger partial charge in [-0.1, -0.05) is 17.7 Å². The first kappa shape index (κ1) is 25.6. The van der Waals surface area contributed by atoms with Gasteiger partial charge in [0.2, 0.25) is 5.91 Å². The van der Waals surface area contributed by atoms with E-state index in [9.17, 15) is 14.0 Å². The van der Waals surface area contributed by atoms with Gasteiger partial charge in [-0.15, -0.1) is 24.0 Å². The smallest absolute Gasteiger partial charge is 0.324 e. The molecule has 0 aliphatic carbocycles. The van der Waals surface area contributed by atoms with Gasteiger partial charge in [-0.25, -0.2) is 9.18 Å². The first-order chi connectivity index (χ1) is 14.5. The third-order valence-electron chi connectivity index (χ3n) is 5.13. The summed E-state index contributed by atoms with van der Waals surface area (Å²) in [7, 11) is 0. The number of nitrogens with zero attached hydrogens (tertiary/aromatic N) is 3. The molecule has 3 rings (SSSR count). The third kappa shape index (κ3) is 7.46. The molecule has 31 heavy (non-hydrogen) atoms. The minimum atomic E-state index is -0.365. The van der Waals surface area contributed by atoms with E-state index in [1.54, 1.807) is 6.07 Å². The van der Waals surface area contributed by atoms with Crippen molar-refractivity contribution in [3.05, 3.63) is 34.6 Å². The summed E-state index contributed by atoms with van der Waals surface area (Å²) in [6.07, 6.45) is 2.03. The van der Waals surface area contributed by atoms with Crippen molar-refractivity contribution in [2.24, 2.45) is 4.99 Å². The lowest BCUT2D eigenvalue weighted by molar-refractivity contribution is -0.124. The zero-order chi connectivity index (χ0) is 21.5. The summed E-state index contributed by atoms with van der Waals surface area (Å²) in [6.45, 7) is 5.75. The molecule has 2 aliphatic rings. The highest BCUT2D eigenvalue weighted by Gasteiger charge is 2.27. The standard InChI is InChI=1S/C20H28ClFN6O2.HI/c1-2-23-19(24-7-9-28-18(29)11-25-20(28)30)26-16-4-3-8-27(13-16)12-14-5-6-15(22)10-17(14)21;/h5-6,10,16H,2-4,7-9,11-13H2,1H3,(H,25,30)(H2,23,24,26);1H. The van der Waals surface area contributed by atoms with Crippen LogP contribution in [0.25, 0.3) is 0 Å². The summed E-state index contributed by atoms with van der Waals surface area (Å²) in [5.74, 6) is 0.105. The molecule has 11 heteroatoms. The van der Waals surface area contributed by atoms with E-state index in [1.165, 1.54) is 17.0 Å². The molecule has 2 saturated heterocycles. The number of hydrogen-bond acceptors (Lipinski definition) is 4. The largest absolute Gasteiger partial charge is 0.357 e. The molecule has 2 aliphatic heterocycles. The fourth-order valence-corrected chi connectivity index (χ4v) is 3.89. The lowest BCUT2D eigenvalue weighted by Crippen LogP contribution is -2.51. The van der Waals surface area contributed by atoms with Gasteiger partial charge in [-0.05, 0) is 44.0 Å². The van der Waals surface area contributed by atoms with Crippen molar-refractivity contribution < 1.29 is 14.0 Å². The molecule has 2 fully saturated rings. The zero-order valence-electron chi connectivity index (χ0n) is 17.5. The van der Waals surface area contributed by atoms with Gasteiger partial charge in [-0.2, -0.15) is 0 Å². The summed E-state index contributed by atoms with van der Waals surface area (Å²) < 4.78 is 13.3. The van der Waals surface area contributed by atoms with Crippen molar-refractivity contribution in [1.82, 2.24) is 25.8 Å². The highest BCUT2D eigenvalue weighted by Crippen LogP contribution is 2.21. The SMILES string of the molecule is CCNC(=NCCN1C(=O)CNC1=O)NC1CCCN(Cc2ccc(F)cc2Cl)C1.I. The highest BCUT2D eigenvalue weighted by atomic mass is 127. The Hall–Kier alpha value is -1.66. The summed E-state index contributed by atoms with van der Waals surface area (Å²) in [5.41, 5.74) is 0.910. The van der Waals surface area contributed by atoms with Gasteiger partial charge in [0.15, 0.2) is 5.96 Å². The Morgan fingerprint density at radius 1 is 1.39 bits per heavy atom. The Labute approximate surface area is 204 Å². The van der Waals surface area contributed by atoms with Crippen LogP contribution in [0.15, 0.2) is 23.2 Å². The number of nitrogens with one attached hydrogen (secondary N) is 3. The van der Waals surface area contributed by atoms with Crippen LogP contribution < -0.4 is 16.0 Å². The van der Waals surface area contributed by atoms with Gasteiger partial charge in [0.05, 0.1) is 19.6 Å². The molecule has 0 saturated carbocycles. The van der Waals surface area contributed by atoms with Gasteiger partial charge in [0.25, 0.3) is 0 Å².